The summed E-state index contributed by atoms with van der Waals surface area (Å²) in [6, 6.07) is 5.63. The molecule has 0 saturated heterocycles. The molecule has 0 spiro atoms. The molecule has 3 nitrogen and oxygen atoms in total. The minimum atomic E-state index is -1.06. The number of aryl methyl sites for hydroxylation is 2. The molecule has 0 aliphatic heterocycles. The number of nitrogens with zero attached hydrogens (tertiary/aromatic N) is 1. The van der Waals surface area contributed by atoms with Gasteiger partial charge in [0.05, 0.1) is 19.3 Å². The van der Waals surface area contributed by atoms with Crippen LogP contribution >= 0.6 is 12.2 Å². The van der Waals surface area contributed by atoms with E-state index in [0.717, 1.165) is 11.1 Å². The van der Waals surface area contributed by atoms with Crippen LogP contribution in [-0.4, -0.2) is 31.3 Å². The minimum absolute atomic E-state index is 0.0836. The van der Waals surface area contributed by atoms with Gasteiger partial charge >= 0.3 is 0 Å². The Morgan fingerprint density at radius 1 is 1.39 bits per heavy atom. The number of amides is 1. The molecule has 98 valence electrons. The van der Waals surface area contributed by atoms with Crippen molar-refractivity contribution in [1.82, 2.24) is 0 Å². The molecule has 0 fully saturated rings. The van der Waals surface area contributed by atoms with Gasteiger partial charge in [-0.15, -0.1) is 0 Å². The number of carbonyl (C=O) groups excluding carboxylic acids is 1. The molecule has 0 aliphatic carbocycles. The summed E-state index contributed by atoms with van der Waals surface area (Å²) in [5.74, 6) is -0.619. The van der Waals surface area contributed by atoms with Crippen molar-refractivity contribution >= 4 is 28.9 Å². The normalized spacial score (nSPS) is 10.0. The van der Waals surface area contributed by atoms with E-state index < -0.39 is 12.6 Å². The lowest BCUT2D eigenvalue weighted by molar-refractivity contribution is -0.119. The first kappa shape index (κ1) is 14.6. The van der Waals surface area contributed by atoms with E-state index >= 15 is 0 Å². The second kappa shape index (κ2) is 6.44. The second-order valence-corrected chi connectivity index (χ2v) is 4.39. The van der Waals surface area contributed by atoms with Crippen molar-refractivity contribution in [2.45, 2.75) is 13.8 Å². The maximum Gasteiger partial charge on any atom is 0.258 e. The molecule has 0 aromatic heterocycles. The van der Waals surface area contributed by atoms with Crippen molar-refractivity contribution in [3.63, 3.8) is 0 Å². The van der Waals surface area contributed by atoms with Gasteiger partial charge in [0.15, 0.2) is 11.7 Å². The first-order valence-corrected chi connectivity index (χ1v) is 5.91. The van der Waals surface area contributed by atoms with Crippen molar-refractivity contribution in [2.75, 3.05) is 25.2 Å². The largest absolute Gasteiger partial charge is 0.488 e. The molecule has 1 amide bonds. The minimum Gasteiger partial charge on any atom is -0.488 e. The molecule has 5 heteroatoms. The third-order valence-electron chi connectivity index (χ3n) is 2.64. The maximum absolute atomic E-state index is 12.7. The number of para-hydroxylation sites is 1. The van der Waals surface area contributed by atoms with Gasteiger partial charge in [-0.1, -0.05) is 18.2 Å². The molecule has 0 bridgehead atoms. The van der Waals surface area contributed by atoms with Gasteiger partial charge < -0.3 is 9.64 Å². The first-order chi connectivity index (χ1) is 8.51. The van der Waals surface area contributed by atoms with Crippen LogP contribution in [0.5, 0.6) is 0 Å². The Morgan fingerprint density at radius 2 is 1.94 bits per heavy atom. The molecule has 1 rings (SSSR count). The van der Waals surface area contributed by atoms with Crippen LogP contribution in [0.15, 0.2) is 18.2 Å². The van der Waals surface area contributed by atoms with Crippen LogP contribution in [0.3, 0.4) is 0 Å². The van der Waals surface area contributed by atoms with Crippen LogP contribution in [0.2, 0.25) is 0 Å². The van der Waals surface area contributed by atoms with Crippen LogP contribution in [0.4, 0.5) is 10.1 Å². The zero-order valence-electron chi connectivity index (χ0n) is 10.7. The van der Waals surface area contributed by atoms with E-state index in [4.69, 9.17) is 17.0 Å². The molecule has 1 aromatic carbocycles. The summed E-state index contributed by atoms with van der Waals surface area (Å²) < 4.78 is 17.6. The lowest BCUT2D eigenvalue weighted by atomic mass is 10.1. The number of thiocarbonyl (C=S) groups is 1. The van der Waals surface area contributed by atoms with Crippen molar-refractivity contribution in [1.29, 1.82) is 0 Å². The van der Waals surface area contributed by atoms with Crippen LogP contribution in [0.1, 0.15) is 11.1 Å². The Morgan fingerprint density at radius 3 is 2.39 bits per heavy atom. The summed E-state index contributed by atoms with van der Waals surface area (Å²) in [7, 11) is 1.44. The number of ether oxygens (including phenoxy) is 1. The summed E-state index contributed by atoms with van der Waals surface area (Å²) in [5.41, 5.74) is 2.49. The van der Waals surface area contributed by atoms with Crippen LogP contribution < -0.4 is 4.90 Å². The van der Waals surface area contributed by atoms with Crippen molar-refractivity contribution in [2.24, 2.45) is 0 Å². The highest BCUT2D eigenvalue weighted by atomic mass is 32.1. The van der Waals surface area contributed by atoms with Crippen molar-refractivity contribution < 1.29 is 13.9 Å². The Kier molecular flexibility index (Phi) is 5.22. The molecule has 0 unspecified atom stereocenters. The highest BCUT2D eigenvalue weighted by molar-refractivity contribution is 7.80. The predicted octanol–water partition coefficient (Wildman–Crippen LogP) is 2.58. The molecule has 0 heterocycles. The summed E-state index contributed by atoms with van der Waals surface area (Å²) in [6.45, 7) is 2.77. The Bertz CT molecular complexity index is 442. The molecule has 0 atom stereocenters. The Hall–Kier alpha value is -1.49. The molecule has 0 saturated carbocycles. The van der Waals surface area contributed by atoms with E-state index in [1.165, 1.54) is 12.0 Å². The van der Waals surface area contributed by atoms with Crippen LogP contribution in [0, 0.1) is 13.8 Å². The first-order valence-electron chi connectivity index (χ1n) is 5.50. The van der Waals surface area contributed by atoms with E-state index in [9.17, 15) is 9.18 Å². The van der Waals surface area contributed by atoms with Crippen LogP contribution in [-0.2, 0) is 9.53 Å². The maximum atomic E-state index is 12.7. The highest BCUT2D eigenvalue weighted by Crippen LogP contribution is 2.24. The van der Waals surface area contributed by atoms with Gasteiger partial charge in [-0.3, -0.25) is 4.79 Å². The second-order valence-electron chi connectivity index (χ2n) is 3.93. The fourth-order valence-electron chi connectivity index (χ4n) is 1.79. The van der Waals surface area contributed by atoms with Crippen LogP contribution in [0.25, 0.3) is 0 Å². The predicted molar refractivity (Wildman–Crippen MR) is 73.9 cm³/mol. The molecule has 0 aliphatic rings. The van der Waals surface area contributed by atoms with E-state index in [0.29, 0.717) is 5.69 Å². The third-order valence-corrected chi connectivity index (χ3v) is 2.94. The Balaban J connectivity index is 3.17. The average molecular weight is 269 g/mol. The molecule has 1 aromatic rings. The third kappa shape index (κ3) is 3.26. The van der Waals surface area contributed by atoms with E-state index in [1.54, 1.807) is 0 Å². The highest BCUT2D eigenvalue weighted by Gasteiger charge is 2.20. The number of halogens is 1. The molecule has 0 N–H and O–H groups in total. The topological polar surface area (TPSA) is 29.5 Å². The standard InChI is InChI=1S/C13H16FNO2S/c1-9-5-4-6-10(2)13(9)15(11(16)7-14)8-12(18)17-3/h4-6H,7-8H2,1-3H3. The number of anilines is 1. The van der Waals surface area contributed by atoms with E-state index in [1.807, 2.05) is 32.0 Å². The van der Waals surface area contributed by atoms with Gasteiger partial charge in [-0.05, 0) is 37.2 Å². The summed E-state index contributed by atoms with van der Waals surface area (Å²) in [5, 5.41) is 0.249. The smallest absolute Gasteiger partial charge is 0.258 e. The van der Waals surface area contributed by atoms with Crippen molar-refractivity contribution in [3.8, 4) is 0 Å². The number of carbonyl (C=O) groups is 1. The van der Waals surface area contributed by atoms with E-state index in [2.05, 4.69) is 0 Å². The number of hydrogen-bond acceptors (Lipinski definition) is 3. The average Bonchev–Trinajstić information content (AvgIpc) is 2.36. The number of rotatable bonds is 4. The van der Waals surface area contributed by atoms with Crippen molar-refractivity contribution in [3.05, 3.63) is 29.3 Å². The summed E-state index contributed by atoms with van der Waals surface area (Å²) in [6.07, 6.45) is 0. The fraction of sp³-hybridized carbons (Fsp3) is 0.385. The molecular formula is C13H16FNO2S. The zero-order chi connectivity index (χ0) is 13.7. The van der Waals surface area contributed by atoms with Gasteiger partial charge in [0.25, 0.3) is 5.91 Å². The number of alkyl halides is 1. The lowest BCUT2D eigenvalue weighted by Crippen LogP contribution is -2.37. The molecule has 0 radical (unpaired) electrons. The summed E-state index contributed by atoms with van der Waals surface area (Å²) >= 11 is 4.95. The number of benzene rings is 1. The number of hydrogen-bond donors (Lipinski definition) is 0. The fourth-order valence-corrected chi connectivity index (χ4v) is 1.92. The molecule has 18 heavy (non-hydrogen) atoms. The van der Waals surface area contributed by atoms with Gasteiger partial charge in [0, 0.05) is 0 Å². The van der Waals surface area contributed by atoms with Gasteiger partial charge in [0.2, 0.25) is 0 Å². The number of methoxy groups -OCH3 is 1. The molecular weight excluding hydrogens is 253 g/mol. The lowest BCUT2D eigenvalue weighted by Gasteiger charge is -2.25. The van der Waals surface area contributed by atoms with Gasteiger partial charge in [0.1, 0.15) is 0 Å². The Labute approximate surface area is 112 Å². The van der Waals surface area contributed by atoms with Gasteiger partial charge in [-0.2, -0.15) is 0 Å². The summed E-state index contributed by atoms with van der Waals surface area (Å²) in [4.78, 5) is 13.0. The van der Waals surface area contributed by atoms with E-state index in [-0.39, 0.29) is 11.6 Å². The quantitative estimate of drug-likeness (QED) is 0.787. The zero-order valence-corrected chi connectivity index (χ0v) is 11.5. The SMILES string of the molecule is COC(=S)CN(C(=O)CF)c1c(C)cccc1C. The monoisotopic (exact) mass is 269 g/mol. The van der Waals surface area contributed by atoms with Gasteiger partial charge in [-0.25, -0.2) is 4.39 Å².